The summed E-state index contributed by atoms with van der Waals surface area (Å²) in [6, 6.07) is 12.6. The van der Waals surface area contributed by atoms with Gasteiger partial charge in [0, 0.05) is 29.5 Å². The highest BCUT2D eigenvalue weighted by atomic mass is 35.5. The first-order chi connectivity index (χ1) is 13.5. The van der Waals surface area contributed by atoms with Gasteiger partial charge in [-0.25, -0.2) is 4.90 Å². The maximum atomic E-state index is 12.9. The van der Waals surface area contributed by atoms with Crippen molar-refractivity contribution in [1.82, 2.24) is 0 Å². The van der Waals surface area contributed by atoms with E-state index in [0.29, 0.717) is 10.7 Å². The van der Waals surface area contributed by atoms with Gasteiger partial charge in [-0.05, 0) is 48.9 Å². The summed E-state index contributed by atoms with van der Waals surface area (Å²) in [5.74, 6) is -0.481. The average molecular weight is 400 g/mol. The molecule has 28 heavy (non-hydrogen) atoms. The third-order valence-electron chi connectivity index (χ3n) is 5.21. The summed E-state index contributed by atoms with van der Waals surface area (Å²) in [4.78, 5) is 28.9. The first-order valence-electron chi connectivity index (χ1n) is 9.36. The number of morpholine rings is 1. The van der Waals surface area contributed by atoms with Gasteiger partial charge in [-0.2, -0.15) is 0 Å². The van der Waals surface area contributed by atoms with Crippen LogP contribution in [-0.2, 0) is 14.3 Å². The van der Waals surface area contributed by atoms with Crippen molar-refractivity contribution in [2.24, 2.45) is 0 Å². The van der Waals surface area contributed by atoms with E-state index in [4.69, 9.17) is 16.3 Å². The number of nitrogens with zero attached hydrogens (tertiary/aromatic N) is 2. The fourth-order valence-electron chi connectivity index (χ4n) is 3.63. The molecule has 0 saturated carbocycles. The molecular weight excluding hydrogens is 378 g/mol. The maximum absolute atomic E-state index is 12.9. The Kier molecular flexibility index (Phi) is 5.24. The molecule has 2 heterocycles. The zero-order valence-electron chi connectivity index (χ0n) is 15.7. The van der Waals surface area contributed by atoms with Crippen molar-refractivity contribution in [3.8, 4) is 0 Å². The van der Waals surface area contributed by atoms with Crippen molar-refractivity contribution in [3.63, 3.8) is 0 Å². The Hall–Kier alpha value is -2.57. The Morgan fingerprint density at radius 1 is 1.07 bits per heavy atom. The predicted molar refractivity (Wildman–Crippen MR) is 110 cm³/mol. The molecule has 1 N–H and O–H groups in total. The third-order valence-corrected chi connectivity index (χ3v) is 5.62. The number of amides is 2. The standard InChI is InChI=1S/C21H22ClN3O3/c1-14-17(22)3-2-4-19(14)25-20(26)13-18(21(25)27)23-15-5-7-16(8-6-15)24-9-11-28-12-10-24/h2-8,18,23H,9-13H2,1H3/t18-/m0/s1. The van der Waals surface area contributed by atoms with Crippen molar-refractivity contribution in [3.05, 3.63) is 53.1 Å². The van der Waals surface area contributed by atoms with Crippen LogP contribution in [0.25, 0.3) is 0 Å². The van der Waals surface area contributed by atoms with Crippen molar-refractivity contribution in [2.75, 3.05) is 41.4 Å². The maximum Gasteiger partial charge on any atom is 0.256 e. The van der Waals surface area contributed by atoms with Crippen LogP contribution in [-0.4, -0.2) is 44.2 Å². The van der Waals surface area contributed by atoms with Crippen LogP contribution in [0.4, 0.5) is 17.1 Å². The van der Waals surface area contributed by atoms with E-state index in [1.807, 2.05) is 31.2 Å². The van der Waals surface area contributed by atoms with Gasteiger partial charge < -0.3 is 15.0 Å². The fraction of sp³-hybridized carbons (Fsp3) is 0.333. The monoisotopic (exact) mass is 399 g/mol. The summed E-state index contributed by atoms with van der Waals surface area (Å²) in [5, 5.41) is 3.73. The zero-order chi connectivity index (χ0) is 19.7. The molecule has 0 radical (unpaired) electrons. The number of nitrogens with one attached hydrogen (secondary N) is 1. The first-order valence-corrected chi connectivity index (χ1v) is 9.73. The van der Waals surface area contributed by atoms with Gasteiger partial charge in [-0.15, -0.1) is 0 Å². The van der Waals surface area contributed by atoms with Crippen LogP contribution in [0.3, 0.4) is 0 Å². The predicted octanol–water partition coefficient (Wildman–Crippen LogP) is 3.23. The molecule has 0 bridgehead atoms. The lowest BCUT2D eigenvalue weighted by Crippen LogP contribution is -2.36. The van der Waals surface area contributed by atoms with E-state index < -0.39 is 6.04 Å². The quantitative estimate of drug-likeness (QED) is 0.800. The highest BCUT2D eigenvalue weighted by molar-refractivity contribution is 6.32. The number of anilines is 3. The minimum atomic E-state index is -0.583. The van der Waals surface area contributed by atoms with Crippen LogP contribution in [0.2, 0.25) is 5.02 Å². The van der Waals surface area contributed by atoms with Gasteiger partial charge in [0.05, 0.1) is 25.3 Å². The Morgan fingerprint density at radius 3 is 2.50 bits per heavy atom. The smallest absolute Gasteiger partial charge is 0.256 e. The molecule has 6 nitrogen and oxygen atoms in total. The first kappa shape index (κ1) is 18.8. The molecule has 7 heteroatoms. The van der Waals surface area contributed by atoms with Crippen LogP contribution in [0.15, 0.2) is 42.5 Å². The number of halogens is 1. The Balaban J connectivity index is 1.47. The van der Waals surface area contributed by atoms with Gasteiger partial charge in [0.1, 0.15) is 6.04 Å². The number of benzene rings is 2. The minimum Gasteiger partial charge on any atom is -0.378 e. The molecule has 2 fully saturated rings. The van der Waals surface area contributed by atoms with Gasteiger partial charge in [-0.1, -0.05) is 17.7 Å². The molecule has 0 spiro atoms. The molecular formula is C21H22ClN3O3. The molecule has 0 aromatic heterocycles. The zero-order valence-corrected chi connectivity index (χ0v) is 16.4. The molecule has 2 aliphatic heterocycles. The molecule has 2 saturated heterocycles. The number of rotatable bonds is 4. The fourth-order valence-corrected chi connectivity index (χ4v) is 3.80. The number of carbonyl (C=O) groups excluding carboxylic acids is 2. The van der Waals surface area contributed by atoms with E-state index >= 15 is 0 Å². The second-order valence-corrected chi connectivity index (χ2v) is 7.41. The van der Waals surface area contributed by atoms with Gasteiger partial charge in [-0.3, -0.25) is 9.59 Å². The third kappa shape index (κ3) is 3.57. The number of carbonyl (C=O) groups is 2. The molecule has 2 amide bonds. The lowest BCUT2D eigenvalue weighted by molar-refractivity contribution is -0.121. The molecule has 4 rings (SSSR count). The highest BCUT2D eigenvalue weighted by Crippen LogP contribution is 2.31. The molecule has 1 atom stereocenters. The summed E-state index contributed by atoms with van der Waals surface area (Å²) < 4.78 is 5.38. The summed E-state index contributed by atoms with van der Waals surface area (Å²) in [6.07, 6.45) is 0.121. The van der Waals surface area contributed by atoms with Gasteiger partial charge in [0.2, 0.25) is 5.91 Å². The summed E-state index contributed by atoms with van der Waals surface area (Å²) in [6.45, 7) is 5.02. The van der Waals surface area contributed by atoms with Crippen molar-refractivity contribution >= 4 is 40.5 Å². The van der Waals surface area contributed by atoms with Gasteiger partial charge in [0.15, 0.2) is 0 Å². The van der Waals surface area contributed by atoms with E-state index in [1.54, 1.807) is 18.2 Å². The molecule has 0 unspecified atom stereocenters. The van der Waals surface area contributed by atoms with Crippen molar-refractivity contribution in [1.29, 1.82) is 0 Å². The van der Waals surface area contributed by atoms with E-state index in [0.717, 1.165) is 43.2 Å². The normalized spacial score (nSPS) is 20.0. The number of hydrogen-bond donors (Lipinski definition) is 1. The Morgan fingerprint density at radius 2 is 1.79 bits per heavy atom. The Labute approximate surface area is 169 Å². The topological polar surface area (TPSA) is 61.9 Å². The molecule has 2 aliphatic rings. The SMILES string of the molecule is Cc1c(Cl)cccc1N1C(=O)C[C@H](Nc2ccc(N3CCOCC3)cc2)C1=O. The summed E-state index contributed by atoms with van der Waals surface area (Å²) >= 11 is 6.16. The lowest BCUT2D eigenvalue weighted by atomic mass is 10.2. The van der Waals surface area contributed by atoms with Crippen LogP contribution in [0.5, 0.6) is 0 Å². The number of imide groups is 1. The van der Waals surface area contributed by atoms with Crippen molar-refractivity contribution in [2.45, 2.75) is 19.4 Å². The summed E-state index contributed by atoms with van der Waals surface area (Å²) in [7, 11) is 0. The van der Waals surface area contributed by atoms with Crippen LogP contribution < -0.4 is 15.1 Å². The van der Waals surface area contributed by atoms with Crippen LogP contribution in [0.1, 0.15) is 12.0 Å². The number of ether oxygens (including phenoxy) is 1. The molecule has 0 aliphatic carbocycles. The van der Waals surface area contributed by atoms with Crippen LogP contribution in [0, 0.1) is 6.92 Å². The average Bonchev–Trinajstić information content (AvgIpc) is 2.98. The van der Waals surface area contributed by atoms with E-state index in [-0.39, 0.29) is 18.2 Å². The molecule has 146 valence electrons. The number of hydrogen-bond acceptors (Lipinski definition) is 5. The van der Waals surface area contributed by atoms with Gasteiger partial charge in [0.25, 0.3) is 5.91 Å². The molecule has 2 aromatic carbocycles. The van der Waals surface area contributed by atoms with Gasteiger partial charge >= 0.3 is 0 Å². The second-order valence-electron chi connectivity index (χ2n) is 7.00. The summed E-state index contributed by atoms with van der Waals surface area (Å²) in [5.41, 5.74) is 3.21. The van der Waals surface area contributed by atoms with E-state index in [1.165, 1.54) is 4.90 Å². The Bertz CT molecular complexity index is 894. The van der Waals surface area contributed by atoms with Crippen LogP contribution >= 0.6 is 11.6 Å². The van der Waals surface area contributed by atoms with E-state index in [9.17, 15) is 9.59 Å². The highest BCUT2D eigenvalue weighted by Gasteiger charge is 2.40. The molecule has 2 aromatic rings. The largest absolute Gasteiger partial charge is 0.378 e. The van der Waals surface area contributed by atoms with Crippen molar-refractivity contribution < 1.29 is 14.3 Å². The lowest BCUT2D eigenvalue weighted by Gasteiger charge is -2.29. The van der Waals surface area contributed by atoms with E-state index in [2.05, 4.69) is 10.2 Å². The minimum absolute atomic E-state index is 0.121. The second kappa shape index (κ2) is 7.81.